The predicted molar refractivity (Wildman–Crippen MR) is 73.5 cm³/mol. The molecule has 0 bridgehead atoms. The summed E-state index contributed by atoms with van der Waals surface area (Å²) in [6, 6.07) is 4.71. The van der Waals surface area contributed by atoms with Crippen molar-refractivity contribution in [2.24, 2.45) is 0 Å². The summed E-state index contributed by atoms with van der Waals surface area (Å²) in [4.78, 5) is 25.4. The number of ether oxygens (including phenoxy) is 2. The van der Waals surface area contributed by atoms with Gasteiger partial charge in [-0.1, -0.05) is 11.6 Å². The second-order valence-electron chi connectivity index (χ2n) is 4.37. The summed E-state index contributed by atoms with van der Waals surface area (Å²) >= 11 is 5.88. The quantitative estimate of drug-likeness (QED) is 0.649. The topological polar surface area (TPSA) is 81.9 Å². The fourth-order valence-electron chi connectivity index (χ4n) is 1.99. The van der Waals surface area contributed by atoms with Crippen LogP contribution in [0.2, 0.25) is 5.02 Å². The standard InChI is InChI=1S/C13H15ClN2O4/c1-19-13(18)11-7-16(4-5-20-11)12(17)9-6-8(14)2-3-10(9)15/h2-3,6,11H,4-5,7,15H2,1H3. The second kappa shape index (κ2) is 6.11. The second-order valence-corrected chi connectivity index (χ2v) is 4.80. The molecule has 1 saturated heterocycles. The van der Waals surface area contributed by atoms with Crippen LogP contribution in [0.15, 0.2) is 18.2 Å². The van der Waals surface area contributed by atoms with E-state index in [0.717, 1.165) is 0 Å². The molecule has 1 aromatic rings. The number of hydrogen-bond acceptors (Lipinski definition) is 5. The minimum Gasteiger partial charge on any atom is -0.467 e. The molecule has 2 N–H and O–H groups in total. The van der Waals surface area contributed by atoms with Gasteiger partial charge in [-0.25, -0.2) is 4.79 Å². The number of benzene rings is 1. The van der Waals surface area contributed by atoms with Crippen LogP contribution in [0.1, 0.15) is 10.4 Å². The monoisotopic (exact) mass is 298 g/mol. The molecule has 0 aromatic heterocycles. The van der Waals surface area contributed by atoms with E-state index in [4.69, 9.17) is 22.1 Å². The van der Waals surface area contributed by atoms with Crippen LogP contribution >= 0.6 is 11.6 Å². The summed E-state index contributed by atoms with van der Waals surface area (Å²) < 4.78 is 9.89. The maximum atomic E-state index is 12.4. The molecule has 6 nitrogen and oxygen atoms in total. The van der Waals surface area contributed by atoms with E-state index < -0.39 is 12.1 Å². The van der Waals surface area contributed by atoms with Crippen LogP contribution in [-0.2, 0) is 14.3 Å². The average Bonchev–Trinajstić information content (AvgIpc) is 2.48. The van der Waals surface area contributed by atoms with Crippen molar-refractivity contribution in [3.8, 4) is 0 Å². The van der Waals surface area contributed by atoms with Gasteiger partial charge in [0.05, 0.1) is 25.8 Å². The van der Waals surface area contributed by atoms with Gasteiger partial charge in [0, 0.05) is 17.3 Å². The molecule has 0 aliphatic carbocycles. The van der Waals surface area contributed by atoms with E-state index in [1.807, 2.05) is 0 Å². The lowest BCUT2D eigenvalue weighted by Crippen LogP contribution is -2.49. The number of nitrogen functional groups attached to an aromatic ring is 1. The van der Waals surface area contributed by atoms with Gasteiger partial charge in [-0.15, -0.1) is 0 Å². The van der Waals surface area contributed by atoms with Crippen LogP contribution in [0.3, 0.4) is 0 Å². The highest BCUT2D eigenvalue weighted by atomic mass is 35.5. The minimum absolute atomic E-state index is 0.136. The lowest BCUT2D eigenvalue weighted by atomic mass is 10.1. The zero-order valence-corrected chi connectivity index (χ0v) is 11.7. The van der Waals surface area contributed by atoms with Crippen molar-refractivity contribution in [3.63, 3.8) is 0 Å². The van der Waals surface area contributed by atoms with E-state index in [0.29, 0.717) is 22.8 Å². The highest BCUT2D eigenvalue weighted by Crippen LogP contribution is 2.21. The summed E-state index contributed by atoms with van der Waals surface area (Å²) in [5.41, 5.74) is 6.46. The Hall–Kier alpha value is -1.79. The number of nitrogens with zero attached hydrogens (tertiary/aromatic N) is 1. The summed E-state index contributed by atoms with van der Waals surface area (Å²) in [5, 5.41) is 0.431. The molecule has 1 amide bonds. The molecule has 108 valence electrons. The van der Waals surface area contributed by atoms with Gasteiger partial charge in [0.25, 0.3) is 5.91 Å². The lowest BCUT2D eigenvalue weighted by molar-refractivity contribution is -0.158. The molecule has 1 fully saturated rings. The van der Waals surface area contributed by atoms with Gasteiger partial charge in [-0.05, 0) is 18.2 Å². The number of carbonyl (C=O) groups excluding carboxylic acids is 2. The van der Waals surface area contributed by atoms with Crippen molar-refractivity contribution in [2.45, 2.75) is 6.10 Å². The molecule has 7 heteroatoms. The third-order valence-corrected chi connectivity index (χ3v) is 3.30. The van der Waals surface area contributed by atoms with Crippen LogP contribution in [0.5, 0.6) is 0 Å². The molecular weight excluding hydrogens is 284 g/mol. The van der Waals surface area contributed by atoms with Gasteiger partial charge in [-0.3, -0.25) is 4.79 Å². The number of carbonyl (C=O) groups is 2. The van der Waals surface area contributed by atoms with Gasteiger partial charge in [0.2, 0.25) is 0 Å². The van der Waals surface area contributed by atoms with E-state index >= 15 is 0 Å². The predicted octanol–water partition coefficient (Wildman–Crippen LogP) is 0.936. The van der Waals surface area contributed by atoms with Crippen LogP contribution in [0.25, 0.3) is 0 Å². The Labute approximate surface area is 121 Å². The van der Waals surface area contributed by atoms with Gasteiger partial charge in [0.1, 0.15) is 0 Å². The number of hydrogen-bond donors (Lipinski definition) is 1. The lowest BCUT2D eigenvalue weighted by Gasteiger charge is -2.31. The number of methoxy groups -OCH3 is 1. The molecule has 0 saturated carbocycles. The highest BCUT2D eigenvalue weighted by Gasteiger charge is 2.30. The maximum Gasteiger partial charge on any atom is 0.336 e. The molecule has 1 unspecified atom stereocenters. The van der Waals surface area contributed by atoms with Crippen LogP contribution in [-0.4, -0.2) is 49.7 Å². The maximum absolute atomic E-state index is 12.4. The third-order valence-electron chi connectivity index (χ3n) is 3.06. The third kappa shape index (κ3) is 3.02. The van der Waals surface area contributed by atoms with E-state index in [2.05, 4.69) is 4.74 Å². The first-order valence-electron chi connectivity index (χ1n) is 6.06. The van der Waals surface area contributed by atoms with Crippen molar-refractivity contribution >= 4 is 29.2 Å². The molecule has 1 heterocycles. The molecule has 0 spiro atoms. The number of anilines is 1. The normalized spacial score (nSPS) is 18.7. The fourth-order valence-corrected chi connectivity index (χ4v) is 2.16. The SMILES string of the molecule is COC(=O)C1CN(C(=O)c2cc(Cl)ccc2N)CCO1. The van der Waals surface area contributed by atoms with E-state index in [-0.39, 0.29) is 19.1 Å². The Kier molecular flexibility index (Phi) is 4.46. The van der Waals surface area contributed by atoms with Crippen LogP contribution in [0.4, 0.5) is 5.69 Å². The molecule has 2 rings (SSSR count). The van der Waals surface area contributed by atoms with E-state index in [9.17, 15) is 9.59 Å². The Morgan fingerprint density at radius 3 is 2.95 bits per heavy atom. The van der Waals surface area contributed by atoms with Crippen LogP contribution < -0.4 is 5.73 Å². The van der Waals surface area contributed by atoms with Crippen molar-refractivity contribution in [3.05, 3.63) is 28.8 Å². The van der Waals surface area contributed by atoms with E-state index in [1.165, 1.54) is 18.1 Å². The molecule has 1 atom stereocenters. The fraction of sp³-hybridized carbons (Fsp3) is 0.385. The number of halogens is 1. The number of morpholine rings is 1. The van der Waals surface area contributed by atoms with Crippen LogP contribution in [0, 0.1) is 0 Å². The summed E-state index contributed by atoms with van der Waals surface area (Å²) in [5.74, 6) is -0.774. The van der Waals surface area contributed by atoms with Gasteiger partial charge >= 0.3 is 5.97 Å². The molecule has 0 radical (unpaired) electrons. The summed E-state index contributed by atoms with van der Waals surface area (Å²) in [7, 11) is 1.28. The number of amides is 1. The number of esters is 1. The van der Waals surface area contributed by atoms with Gasteiger partial charge in [0.15, 0.2) is 6.10 Å². The smallest absolute Gasteiger partial charge is 0.336 e. The number of nitrogens with two attached hydrogens (primary N) is 1. The van der Waals surface area contributed by atoms with Crippen molar-refractivity contribution in [1.82, 2.24) is 4.90 Å². The Morgan fingerprint density at radius 2 is 2.25 bits per heavy atom. The van der Waals surface area contributed by atoms with Gasteiger partial charge in [-0.2, -0.15) is 0 Å². The first kappa shape index (κ1) is 14.6. The van der Waals surface area contributed by atoms with Crippen molar-refractivity contribution in [2.75, 3.05) is 32.5 Å². The molecule has 20 heavy (non-hydrogen) atoms. The molecule has 1 aliphatic rings. The zero-order chi connectivity index (χ0) is 14.7. The number of rotatable bonds is 2. The molecule has 1 aliphatic heterocycles. The Bertz CT molecular complexity index is 535. The summed E-state index contributed by atoms with van der Waals surface area (Å²) in [6.45, 7) is 0.793. The molecule has 1 aromatic carbocycles. The summed E-state index contributed by atoms with van der Waals surface area (Å²) in [6.07, 6.45) is -0.766. The van der Waals surface area contributed by atoms with Gasteiger partial charge < -0.3 is 20.1 Å². The molecular formula is C13H15ClN2O4. The largest absolute Gasteiger partial charge is 0.467 e. The van der Waals surface area contributed by atoms with E-state index in [1.54, 1.807) is 12.1 Å². The Morgan fingerprint density at radius 1 is 1.50 bits per heavy atom. The minimum atomic E-state index is -0.766. The van der Waals surface area contributed by atoms with Crippen molar-refractivity contribution in [1.29, 1.82) is 0 Å². The average molecular weight is 299 g/mol. The Balaban J connectivity index is 2.16. The first-order chi connectivity index (χ1) is 9.52. The highest BCUT2D eigenvalue weighted by molar-refractivity contribution is 6.31. The first-order valence-corrected chi connectivity index (χ1v) is 6.44. The zero-order valence-electron chi connectivity index (χ0n) is 11.0. The van der Waals surface area contributed by atoms with Crippen molar-refractivity contribution < 1.29 is 19.1 Å².